The summed E-state index contributed by atoms with van der Waals surface area (Å²) in [5.41, 5.74) is 0.579. The molecule has 2 heterocycles. The van der Waals surface area contributed by atoms with Gasteiger partial charge in [-0.2, -0.15) is 4.31 Å². The Morgan fingerprint density at radius 2 is 1.81 bits per heavy atom. The van der Waals surface area contributed by atoms with Crippen LogP contribution in [0, 0.1) is 0 Å². The van der Waals surface area contributed by atoms with Gasteiger partial charge in [0.25, 0.3) is 5.91 Å². The van der Waals surface area contributed by atoms with Gasteiger partial charge in [0.2, 0.25) is 15.9 Å². The van der Waals surface area contributed by atoms with Crippen LogP contribution in [0.3, 0.4) is 0 Å². The molecule has 9 nitrogen and oxygen atoms in total. The lowest BCUT2D eigenvalue weighted by atomic mass is 9.98. The highest BCUT2D eigenvalue weighted by Crippen LogP contribution is 2.35. The summed E-state index contributed by atoms with van der Waals surface area (Å²) in [6.07, 6.45) is 4.32. The molecule has 1 aromatic carbocycles. The number of carbonyl (C=O) groups excluding carboxylic acids is 3. The third-order valence-electron chi connectivity index (χ3n) is 6.81. The summed E-state index contributed by atoms with van der Waals surface area (Å²) >= 11 is 0. The highest BCUT2D eigenvalue weighted by molar-refractivity contribution is 7.89. The monoisotopic (exact) mass is 462 g/mol. The minimum Gasteiger partial charge on any atom is -0.323 e. The van der Waals surface area contributed by atoms with E-state index in [-0.39, 0.29) is 23.3 Å². The number of anilines is 1. The number of nitrogens with zero attached hydrogens (tertiary/aromatic N) is 3. The number of hydrogen-bond donors (Lipinski definition) is 1. The van der Waals surface area contributed by atoms with Crippen LogP contribution in [0.15, 0.2) is 23.1 Å². The van der Waals surface area contributed by atoms with E-state index in [1.54, 1.807) is 30.9 Å². The first kappa shape index (κ1) is 22.7. The number of amides is 4. The molecule has 32 heavy (non-hydrogen) atoms. The smallest absolute Gasteiger partial charge is 0.323 e. The lowest BCUT2D eigenvalue weighted by Gasteiger charge is -2.31. The maximum atomic E-state index is 13.1. The Bertz CT molecular complexity index is 1040. The second-order valence-electron chi connectivity index (χ2n) is 8.64. The molecule has 10 heteroatoms. The summed E-state index contributed by atoms with van der Waals surface area (Å²) in [4.78, 5) is 41.2. The minimum absolute atomic E-state index is 0.214. The molecule has 2 fully saturated rings. The number of urea groups is 1. The summed E-state index contributed by atoms with van der Waals surface area (Å²) in [5.74, 6) is -0.657. The Labute approximate surface area is 188 Å². The molecule has 1 aliphatic carbocycles. The normalized spacial score (nSPS) is 20.2. The van der Waals surface area contributed by atoms with E-state index < -0.39 is 21.6 Å². The summed E-state index contributed by atoms with van der Waals surface area (Å²) in [5, 5.41) is 2.80. The average molecular weight is 463 g/mol. The minimum atomic E-state index is -3.59. The fraction of sp³-hybridized carbons (Fsp3) is 0.591. The lowest BCUT2D eigenvalue weighted by Crippen LogP contribution is -2.47. The number of rotatable bonds is 6. The Morgan fingerprint density at radius 1 is 1.12 bits per heavy atom. The summed E-state index contributed by atoms with van der Waals surface area (Å²) in [7, 11) is -3.59. The fourth-order valence-corrected chi connectivity index (χ4v) is 6.57. The van der Waals surface area contributed by atoms with Crippen LogP contribution in [-0.4, -0.2) is 67.2 Å². The van der Waals surface area contributed by atoms with Gasteiger partial charge in [-0.05, 0) is 49.4 Å². The van der Waals surface area contributed by atoms with E-state index in [1.807, 2.05) is 0 Å². The van der Waals surface area contributed by atoms with E-state index in [0.717, 1.165) is 23.3 Å². The van der Waals surface area contributed by atoms with Crippen LogP contribution in [0.2, 0.25) is 0 Å². The van der Waals surface area contributed by atoms with Crippen molar-refractivity contribution < 1.29 is 22.8 Å². The zero-order valence-electron chi connectivity index (χ0n) is 18.6. The van der Waals surface area contributed by atoms with Gasteiger partial charge in [-0.25, -0.2) is 13.2 Å². The number of imide groups is 1. The molecular weight excluding hydrogens is 432 g/mol. The van der Waals surface area contributed by atoms with Gasteiger partial charge in [0, 0.05) is 25.3 Å². The lowest BCUT2D eigenvalue weighted by molar-refractivity contribution is -0.134. The summed E-state index contributed by atoms with van der Waals surface area (Å²) in [6, 6.07) is 4.32. The molecular formula is C22H30N4O5S. The van der Waals surface area contributed by atoms with Gasteiger partial charge in [-0.3, -0.25) is 14.5 Å². The molecule has 4 rings (SSSR count). The van der Waals surface area contributed by atoms with Crippen molar-refractivity contribution in [3.63, 3.8) is 0 Å². The fourth-order valence-electron chi connectivity index (χ4n) is 5.06. The van der Waals surface area contributed by atoms with Crippen molar-refractivity contribution in [3.05, 3.63) is 23.8 Å². The van der Waals surface area contributed by atoms with Crippen LogP contribution in [0.5, 0.6) is 0 Å². The topological polar surface area (TPSA) is 107 Å². The number of fused-ring (bicyclic) bond motifs is 1. The average Bonchev–Trinajstić information content (AvgIpc) is 3.34. The first-order valence-corrected chi connectivity index (χ1v) is 12.7. The quantitative estimate of drug-likeness (QED) is 0.650. The van der Waals surface area contributed by atoms with E-state index in [4.69, 9.17) is 0 Å². The molecule has 1 aromatic rings. The maximum Gasteiger partial charge on any atom is 0.325 e. The molecule has 4 amide bonds. The Hall–Kier alpha value is -2.46. The van der Waals surface area contributed by atoms with Crippen molar-refractivity contribution in [2.24, 2.45) is 0 Å². The zero-order valence-corrected chi connectivity index (χ0v) is 19.4. The molecule has 0 aromatic heterocycles. The molecule has 1 saturated heterocycles. The molecule has 1 spiro atoms. The Kier molecular flexibility index (Phi) is 6.02. The van der Waals surface area contributed by atoms with Crippen LogP contribution >= 0.6 is 0 Å². The van der Waals surface area contributed by atoms with E-state index >= 15 is 0 Å². The molecule has 1 saturated carbocycles. The van der Waals surface area contributed by atoms with Gasteiger partial charge in [-0.1, -0.05) is 26.7 Å². The molecule has 0 atom stereocenters. The third-order valence-corrected chi connectivity index (χ3v) is 8.86. The second kappa shape index (κ2) is 8.47. The van der Waals surface area contributed by atoms with Crippen molar-refractivity contribution >= 4 is 33.6 Å². The van der Waals surface area contributed by atoms with Crippen molar-refractivity contribution in [3.8, 4) is 0 Å². The van der Waals surface area contributed by atoms with Crippen molar-refractivity contribution in [1.82, 2.24) is 14.5 Å². The first-order chi connectivity index (χ1) is 15.2. The van der Waals surface area contributed by atoms with E-state index in [0.29, 0.717) is 51.0 Å². The molecule has 0 bridgehead atoms. The zero-order chi connectivity index (χ0) is 23.1. The molecule has 0 unspecified atom stereocenters. The molecule has 174 valence electrons. The highest BCUT2D eigenvalue weighted by atomic mass is 32.2. The first-order valence-electron chi connectivity index (χ1n) is 11.3. The molecule has 3 aliphatic rings. The van der Waals surface area contributed by atoms with Gasteiger partial charge in [-0.15, -0.1) is 0 Å². The van der Waals surface area contributed by atoms with E-state index in [2.05, 4.69) is 5.32 Å². The van der Waals surface area contributed by atoms with Crippen LogP contribution in [0.25, 0.3) is 0 Å². The van der Waals surface area contributed by atoms with Gasteiger partial charge < -0.3 is 10.2 Å². The van der Waals surface area contributed by atoms with Crippen molar-refractivity contribution in [2.45, 2.75) is 62.8 Å². The SMILES string of the molecule is CCN(CC)S(=O)(=O)c1ccc2c(c1)CCCN2C(=O)CN1C(=O)NC2(CCCC2)C1=O. The highest BCUT2D eigenvalue weighted by Gasteiger charge is 2.53. The number of carbonyl (C=O) groups is 3. The summed E-state index contributed by atoms with van der Waals surface area (Å²) in [6.45, 7) is 4.51. The molecule has 1 N–H and O–H groups in total. The maximum absolute atomic E-state index is 13.1. The van der Waals surface area contributed by atoms with Gasteiger partial charge in [0.05, 0.1) is 4.90 Å². The van der Waals surface area contributed by atoms with E-state index in [1.165, 1.54) is 10.4 Å². The Morgan fingerprint density at radius 3 is 2.47 bits per heavy atom. The van der Waals surface area contributed by atoms with Crippen molar-refractivity contribution in [2.75, 3.05) is 31.1 Å². The van der Waals surface area contributed by atoms with Gasteiger partial charge in [0.1, 0.15) is 12.1 Å². The number of sulfonamides is 1. The van der Waals surface area contributed by atoms with Crippen LogP contribution in [-0.2, 0) is 26.0 Å². The largest absolute Gasteiger partial charge is 0.325 e. The van der Waals surface area contributed by atoms with Gasteiger partial charge in [0.15, 0.2) is 0 Å². The number of hydrogen-bond acceptors (Lipinski definition) is 5. The standard InChI is InChI=1S/C22H30N4O5S/c1-3-24(4-2)32(30,31)17-9-10-18-16(14-17)8-7-13-25(18)19(27)15-26-20(28)22(23-21(26)29)11-5-6-12-22/h9-10,14H,3-8,11-13,15H2,1-2H3,(H,23,29). The molecule has 2 aliphatic heterocycles. The number of aryl methyl sites for hydroxylation is 1. The molecule has 0 radical (unpaired) electrons. The predicted octanol–water partition coefficient (Wildman–Crippen LogP) is 1.86. The van der Waals surface area contributed by atoms with E-state index in [9.17, 15) is 22.8 Å². The van der Waals surface area contributed by atoms with Crippen LogP contribution in [0.4, 0.5) is 10.5 Å². The second-order valence-corrected chi connectivity index (χ2v) is 10.6. The van der Waals surface area contributed by atoms with Crippen LogP contribution < -0.4 is 10.2 Å². The Balaban J connectivity index is 1.55. The van der Waals surface area contributed by atoms with Crippen molar-refractivity contribution in [1.29, 1.82) is 0 Å². The number of nitrogens with one attached hydrogen (secondary N) is 1. The van der Waals surface area contributed by atoms with Crippen LogP contribution in [0.1, 0.15) is 51.5 Å². The van der Waals surface area contributed by atoms with Gasteiger partial charge >= 0.3 is 6.03 Å². The number of benzene rings is 1. The third kappa shape index (κ3) is 3.69. The predicted molar refractivity (Wildman–Crippen MR) is 119 cm³/mol. The summed E-state index contributed by atoms with van der Waals surface area (Å²) < 4.78 is 27.2.